The molecule has 27 heavy (non-hydrogen) atoms. The number of nitrogens with zero attached hydrogens (tertiary/aromatic N) is 1. The van der Waals surface area contributed by atoms with Crippen LogP contribution in [0.3, 0.4) is 0 Å². The topological polar surface area (TPSA) is 78.5 Å². The van der Waals surface area contributed by atoms with Crippen molar-refractivity contribution in [2.45, 2.75) is 57.5 Å². The molecule has 2 fully saturated rings. The second-order valence-electron chi connectivity index (χ2n) is 7.77. The molecule has 6 nitrogen and oxygen atoms in total. The first-order valence-electron chi connectivity index (χ1n) is 9.51. The Kier molecular flexibility index (Phi) is 5.48. The number of hydrogen-bond donors (Lipinski definition) is 2. The fraction of sp³-hybridized carbons (Fsp3) is 0.550. The molecule has 146 valence electrons. The van der Waals surface area contributed by atoms with Crippen LogP contribution < -0.4 is 10.6 Å². The number of urea groups is 1. The highest BCUT2D eigenvalue weighted by Gasteiger charge is 2.52. The lowest BCUT2D eigenvalue weighted by Crippen LogP contribution is -2.44. The first-order valence-corrected chi connectivity index (χ1v) is 9.51. The van der Waals surface area contributed by atoms with E-state index in [0.717, 1.165) is 23.3 Å². The minimum absolute atomic E-state index is 0.0413. The normalized spacial score (nSPS) is 19.6. The molecule has 2 aliphatic rings. The largest absolute Gasteiger partial charge is 0.349 e. The summed E-state index contributed by atoms with van der Waals surface area (Å²) in [5, 5.41) is 5.75. The minimum Gasteiger partial charge on any atom is -0.349 e. The van der Waals surface area contributed by atoms with Crippen LogP contribution in [0.1, 0.15) is 57.6 Å². The van der Waals surface area contributed by atoms with Gasteiger partial charge in [-0.1, -0.05) is 38.8 Å². The van der Waals surface area contributed by atoms with E-state index < -0.39 is 11.6 Å². The number of halogens is 1. The zero-order valence-electron chi connectivity index (χ0n) is 15.8. The maximum absolute atomic E-state index is 13.1. The van der Waals surface area contributed by atoms with Crippen molar-refractivity contribution in [1.82, 2.24) is 15.5 Å². The van der Waals surface area contributed by atoms with Crippen LogP contribution in [0.15, 0.2) is 24.3 Å². The van der Waals surface area contributed by atoms with Crippen molar-refractivity contribution in [3.05, 3.63) is 35.6 Å². The molecule has 0 bridgehead atoms. The zero-order chi connectivity index (χ0) is 19.6. The fourth-order valence-electron chi connectivity index (χ4n) is 3.96. The van der Waals surface area contributed by atoms with Crippen molar-refractivity contribution >= 4 is 17.8 Å². The lowest BCUT2D eigenvalue weighted by molar-refractivity contribution is -0.131. The molecule has 0 aromatic heterocycles. The SMILES string of the molecule is CC(C)[C@@H](NC(=O)CCN1C(=O)NC2(CCCC2)C1=O)c1ccc(F)cc1. The van der Waals surface area contributed by atoms with E-state index in [4.69, 9.17) is 0 Å². The molecule has 1 aromatic rings. The van der Waals surface area contributed by atoms with Gasteiger partial charge in [0.2, 0.25) is 5.91 Å². The Bertz CT molecular complexity index is 726. The van der Waals surface area contributed by atoms with E-state index in [1.807, 2.05) is 13.8 Å². The minimum atomic E-state index is -0.748. The number of benzene rings is 1. The smallest absolute Gasteiger partial charge is 0.325 e. The summed E-state index contributed by atoms with van der Waals surface area (Å²) in [4.78, 5) is 38.4. The molecular weight excluding hydrogens is 349 g/mol. The summed E-state index contributed by atoms with van der Waals surface area (Å²) in [6, 6.07) is 5.37. The standard InChI is InChI=1S/C20H26FN3O3/c1-13(2)17(14-5-7-15(21)8-6-14)22-16(25)9-12-24-18(26)20(23-19(24)27)10-3-4-11-20/h5-8,13,17H,3-4,9-12H2,1-2H3,(H,22,25)(H,23,27)/t17-/m1/s1. The third-order valence-corrected chi connectivity index (χ3v) is 5.48. The molecule has 1 atom stereocenters. The Balaban J connectivity index is 1.59. The van der Waals surface area contributed by atoms with E-state index in [0.29, 0.717) is 12.8 Å². The van der Waals surface area contributed by atoms with Gasteiger partial charge in [-0.3, -0.25) is 14.5 Å². The highest BCUT2D eigenvalue weighted by atomic mass is 19.1. The second kappa shape index (κ2) is 7.66. The zero-order valence-corrected chi connectivity index (χ0v) is 15.8. The average molecular weight is 375 g/mol. The molecule has 1 aromatic carbocycles. The summed E-state index contributed by atoms with van der Waals surface area (Å²) in [6.07, 6.45) is 3.22. The highest BCUT2D eigenvalue weighted by Crippen LogP contribution is 2.35. The summed E-state index contributed by atoms with van der Waals surface area (Å²) >= 11 is 0. The van der Waals surface area contributed by atoms with Crippen LogP contribution in [-0.2, 0) is 9.59 Å². The van der Waals surface area contributed by atoms with E-state index in [2.05, 4.69) is 10.6 Å². The monoisotopic (exact) mass is 375 g/mol. The van der Waals surface area contributed by atoms with Gasteiger partial charge in [-0.25, -0.2) is 9.18 Å². The molecule has 2 N–H and O–H groups in total. The van der Waals surface area contributed by atoms with Gasteiger partial charge in [-0.15, -0.1) is 0 Å². The van der Waals surface area contributed by atoms with Crippen molar-refractivity contribution in [3.8, 4) is 0 Å². The molecule has 1 saturated heterocycles. The van der Waals surface area contributed by atoms with E-state index >= 15 is 0 Å². The number of nitrogens with one attached hydrogen (secondary N) is 2. The third kappa shape index (κ3) is 3.96. The van der Waals surface area contributed by atoms with Crippen molar-refractivity contribution in [2.24, 2.45) is 5.92 Å². The molecule has 1 aliphatic heterocycles. The molecular formula is C20H26FN3O3. The van der Waals surface area contributed by atoms with Gasteiger partial charge in [0.25, 0.3) is 5.91 Å². The Labute approximate surface area is 158 Å². The van der Waals surface area contributed by atoms with Crippen molar-refractivity contribution in [3.63, 3.8) is 0 Å². The van der Waals surface area contributed by atoms with E-state index in [1.54, 1.807) is 12.1 Å². The molecule has 1 spiro atoms. The summed E-state index contributed by atoms with van der Waals surface area (Å²) in [5.41, 5.74) is 0.0712. The van der Waals surface area contributed by atoms with E-state index in [9.17, 15) is 18.8 Å². The van der Waals surface area contributed by atoms with Gasteiger partial charge in [0, 0.05) is 13.0 Å². The van der Waals surface area contributed by atoms with Gasteiger partial charge in [0.15, 0.2) is 0 Å². The van der Waals surface area contributed by atoms with Crippen LogP contribution in [-0.4, -0.2) is 34.8 Å². The summed E-state index contributed by atoms with van der Waals surface area (Å²) < 4.78 is 13.1. The second-order valence-corrected chi connectivity index (χ2v) is 7.77. The van der Waals surface area contributed by atoms with E-state index in [-0.39, 0.29) is 42.6 Å². The molecule has 1 aliphatic carbocycles. The number of carbonyl (C=O) groups excluding carboxylic acids is 3. The van der Waals surface area contributed by atoms with Crippen molar-refractivity contribution in [1.29, 1.82) is 0 Å². The summed E-state index contributed by atoms with van der Waals surface area (Å²) in [7, 11) is 0. The maximum atomic E-state index is 13.1. The third-order valence-electron chi connectivity index (χ3n) is 5.48. The first kappa shape index (κ1) is 19.3. The van der Waals surface area contributed by atoms with Gasteiger partial charge < -0.3 is 10.6 Å². The van der Waals surface area contributed by atoms with Crippen LogP contribution in [0, 0.1) is 11.7 Å². The average Bonchev–Trinajstić information content (AvgIpc) is 3.18. The van der Waals surface area contributed by atoms with E-state index in [1.165, 1.54) is 12.1 Å². The molecule has 1 saturated carbocycles. The summed E-state index contributed by atoms with van der Waals surface area (Å²) in [5.74, 6) is -0.674. The predicted octanol–water partition coefficient (Wildman–Crippen LogP) is 2.89. The molecule has 3 rings (SSSR count). The Morgan fingerprint density at radius 1 is 1.22 bits per heavy atom. The number of rotatable bonds is 6. The van der Waals surface area contributed by atoms with Crippen LogP contribution in [0.4, 0.5) is 9.18 Å². The van der Waals surface area contributed by atoms with Gasteiger partial charge in [0.1, 0.15) is 11.4 Å². The number of hydrogen-bond acceptors (Lipinski definition) is 3. The van der Waals surface area contributed by atoms with Gasteiger partial charge in [-0.2, -0.15) is 0 Å². The Hall–Kier alpha value is -2.44. The maximum Gasteiger partial charge on any atom is 0.325 e. The van der Waals surface area contributed by atoms with Gasteiger partial charge in [-0.05, 0) is 36.5 Å². The molecule has 7 heteroatoms. The van der Waals surface area contributed by atoms with Gasteiger partial charge >= 0.3 is 6.03 Å². The van der Waals surface area contributed by atoms with Crippen molar-refractivity contribution < 1.29 is 18.8 Å². The number of amides is 4. The number of imide groups is 1. The lowest BCUT2D eigenvalue weighted by atomic mass is 9.96. The molecule has 0 radical (unpaired) electrons. The predicted molar refractivity (Wildman–Crippen MR) is 98.2 cm³/mol. The quantitative estimate of drug-likeness (QED) is 0.751. The first-order chi connectivity index (χ1) is 12.8. The molecule has 4 amide bonds. The summed E-state index contributed by atoms with van der Waals surface area (Å²) in [6.45, 7) is 4.00. The van der Waals surface area contributed by atoms with Crippen LogP contribution in [0.25, 0.3) is 0 Å². The molecule has 0 unspecified atom stereocenters. The lowest BCUT2D eigenvalue weighted by Gasteiger charge is -2.24. The van der Waals surface area contributed by atoms with Gasteiger partial charge in [0.05, 0.1) is 6.04 Å². The molecule has 1 heterocycles. The van der Waals surface area contributed by atoms with Crippen LogP contribution in [0.2, 0.25) is 0 Å². The van der Waals surface area contributed by atoms with Crippen molar-refractivity contribution in [2.75, 3.05) is 6.54 Å². The Morgan fingerprint density at radius 3 is 2.44 bits per heavy atom. The number of carbonyl (C=O) groups is 3. The highest BCUT2D eigenvalue weighted by molar-refractivity contribution is 6.07. The Morgan fingerprint density at radius 2 is 1.85 bits per heavy atom. The van der Waals surface area contributed by atoms with Crippen LogP contribution >= 0.6 is 0 Å². The van der Waals surface area contributed by atoms with Crippen LogP contribution in [0.5, 0.6) is 0 Å². The fourth-order valence-corrected chi connectivity index (χ4v) is 3.96.